The Morgan fingerprint density at radius 2 is 2.00 bits per heavy atom. The first-order valence-electron chi connectivity index (χ1n) is 6.04. The van der Waals surface area contributed by atoms with E-state index < -0.39 is 5.97 Å². The lowest BCUT2D eigenvalue weighted by Gasteiger charge is -2.24. The zero-order chi connectivity index (χ0) is 12.3. The van der Waals surface area contributed by atoms with Crippen molar-refractivity contribution in [1.82, 2.24) is 0 Å². The maximum atomic E-state index is 10.7. The number of nitrogens with two attached hydrogens (primary N) is 1. The number of rotatable bonds is 3. The molecule has 1 aliphatic rings. The van der Waals surface area contributed by atoms with Gasteiger partial charge in [0.15, 0.2) is 0 Å². The number of benzene rings is 1. The lowest BCUT2D eigenvalue weighted by atomic mass is 9.95. The molecule has 0 radical (unpaired) electrons. The molecule has 0 atom stereocenters. The molecular formula is C13H17N2O2-. The standard InChI is InChI=1S/C13H18N2O2/c14-11-8-9(13(16)17)6-7-12(11)15-10-4-2-1-3-5-10/h6-8,10,15H,1-5,14H2,(H,16,17)/p-1. The van der Waals surface area contributed by atoms with Crippen LogP contribution in [0.4, 0.5) is 11.4 Å². The third-order valence-corrected chi connectivity index (χ3v) is 3.25. The average Bonchev–Trinajstić information content (AvgIpc) is 2.33. The minimum absolute atomic E-state index is 0.122. The summed E-state index contributed by atoms with van der Waals surface area (Å²) in [5.41, 5.74) is 7.24. The Kier molecular flexibility index (Phi) is 3.52. The van der Waals surface area contributed by atoms with Gasteiger partial charge in [0.05, 0.1) is 17.3 Å². The van der Waals surface area contributed by atoms with Crippen LogP contribution < -0.4 is 16.2 Å². The van der Waals surface area contributed by atoms with Crippen LogP contribution in [0.15, 0.2) is 18.2 Å². The van der Waals surface area contributed by atoms with Gasteiger partial charge in [0.25, 0.3) is 0 Å². The Morgan fingerprint density at radius 3 is 2.59 bits per heavy atom. The Balaban J connectivity index is 2.08. The second-order valence-electron chi connectivity index (χ2n) is 4.57. The summed E-state index contributed by atoms with van der Waals surface area (Å²) in [6.45, 7) is 0. The zero-order valence-corrected chi connectivity index (χ0v) is 9.74. The first-order chi connectivity index (χ1) is 8.16. The van der Waals surface area contributed by atoms with Gasteiger partial charge in [-0.3, -0.25) is 0 Å². The first-order valence-corrected chi connectivity index (χ1v) is 6.04. The molecule has 92 valence electrons. The van der Waals surface area contributed by atoms with Crippen molar-refractivity contribution in [2.24, 2.45) is 0 Å². The van der Waals surface area contributed by atoms with Gasteiger partial charge >= 0.3 is 0 Å². The smallest absolute Gasteiger partial charge is 0.0716 e. The fraction of sp³-hybridized carbons (Fsp3) is 0.462. The summed E-state index contributed by atoms with van der Waals surface area (Å²) in [4.78, 5) is 10.7. The molecule has 0 saturated heterocycles. The summed E-state index contributed by atoms with van der Waals surface area (Å²) in [7, 11) is 0. The topological polar surface area (TPSA) is 78.2 Å². The predicted octanol–water partition coefficient (Wildman–Crippen LogP) is 1.38. The highest BCUT2D eigenvalue weighted by atomic mass is 16.4. The maximum absolute atomic E-state index is 10.7. The molecule has 17 heavy (non-hydrogen) atoms. The first kappa shape index (κ1) is 11.8. The molecule has 1 aromatic rings. The van der Waals surface area contributed by atoms with Gasteiger partial charge in [0.1, 0.15) is 0 Å². The van der Waals surface area contributed by atoms with Crippen molar-refractivity contribution in [2.75, 3.05) is 11.1 Å². The molecule has 0 unspecified atom stereocenters. The molecule has 1 aromatic carbocycles. The van der Waals surface area contributed by atoms with Gasteiger partial charge in [0.2, 0.25) is 0 Å². The molecule has 0 spiro atoms. The summed E-state index contributed by atoms with van der Waals surface area (Å²) in [6, 6.07) is 5.15. The fourth-order valence-electron chi connectivity index (χ4n) is 2.29. The number of carbonyl (C=O) groups excluding carboxylic acids is 1. The van der Waals surface area contributed by atoms with Gasteiger partial charge in [-0.2, -0.15) is 0 Å². The predicted molar refractivity (Wildman–Crippen MR) is 65.7 cm³/mol. The zero-order valence-electron chi connectivity index (χ0n) is 9.74. The van der Waals surface area contributed by atoms with E-state index in [2.05, 4.69) is 5.32 Å². The number of aromatic carboxylic acids is 1. The lowest BCUT2D eigenvalue weighted by molar-refractivity contribution is -0.255. The van der Waals surface area contributed by atoms with E-state index in [9.17, 15) is 9.90 Å². The van der Waals surface area contributed by atoms with Crippen LogP contribution in [0.1, 0.15) is 42.5 Å². The summed E-state index contributed by atoms with van der Waals surface area (Å²) in [5.74, 6) is -1.19. The van der Waals surface area contributed by atoms with E-state index >= 15 is 0 Å². The van der Waals surface area contributed by atoms with E-state index in [0.717, 1.165) is 18.5 Å². The minimum Gasteiger partial charge on any atom is -0.545 e. The maximum Gasteiger partial charge on any atom is 0.0716 e. The molecule has 0 bridgehead atoms. The van der Waals surface area contributed by atoms with E-state index in [1.54, 1.807) is 6.07 Å². The van der Waals surface area contributed by atoms with Crippen LogP contribution in [0.2, 0.25) is 0 Å². The van der Waals surface area contributed by atoms with Crippen LogP contribution in [0.25, 0.3) is 0 Å². The summed E-state index contributed by atoms with van der Waals surface area (Å²) >= 11 is 0. The van der Waals surface area contributed by atoms with Crippen molar-refractivity contribution in [3.8, 4) is 0 Å². The normalized spacial score (nSPS) is 16.7. The molecule has 1 aliphatic carbocycles. The Hall–Kier alpha value is -1.71. The van der Waals surface area contributed by atoms with E-state index in [0.29, 0.717) is 11.7 Å². The Labute approximate surface area is 101 Å². The van der Waals surface area contributed by atoms with Crippen LogP contribution in [0.5, 0.6) is 0 Å². The number of nitrogens with one attached hydrogen (secondary N) is 1. The van der Waals surface area contributed by atoms with Crippen molar-refractivity contribution < 1.29 is 9.90 Å². The quantitative estimate of drug-likeness (QED) is 0.773. The molecule has 1 fully saturated rings. The van der Waals surface area contributed by atoms with Gasteiger partial charge in [-0.25, -0.2) is 0 Å². The largest absolute Gasteiger partial charge is 0.545 e. The molecule has 0 amide bonds. The molecule has 4 nitrogen and oxygen atoms in total. The number of carboxylic acid groups (broad SMARTS) is 1. The van der Waals surface area contributed by atoms with Crippen LogP contribution in [-0.2, 0) is 0 Å². The van der Waals surface area contributed by atoms with Gasteiger partial charge < -0.3 is 21.0 Å². The fourth-order valence-corrected chi connectivity index (χ4v) is 2.29. The molecule has 3 N–H and O–H groups in total. The second-order valence-corrected chi connectivity index (χ2v) is 4.57. The highest BCUT2D eigenvalue weighted by Crippen LogP contribution is 2.25. The summed E-state index contributed by atoms with van der Waals surface area (Å²) < 4.78 is 0. The van der Waals surface area contributed by atoms with Crippen LogP contribution in [0, 0.1) is 0 Å². The lowest BCUT2D eigenvalue weighted by Crippen LogP contribution is -2.24. The van der Waals surface area contributed by atoms with Gasteiger partial charge in [-0.1, -0.05) is 25.3 Å². The summed E-state index contributed by atoms with van der Waals surface area (Å²) in [5, 5.41) is 14.0. The number of hydrogen-bond donors (Lipinski definition) is 2. The average molecular weight is 233 g/mol. The van der Waals surface area contributed by atoms with Crippen LogP contribution in [-0.4, -0.2) is 12.0 Å². The number of nitrogen functional groups attached to an aromatic ring is 1. The third kappa shape index (κ3) is 2.90. The summed E-state index contributed by atoms with van der Waals surface area (Å²) in [6.07, 6.45) is 6.10. The Bertz CT molecular complexity index is 412. The van der Waals surface area contributed by atoms with Gasteiger partial charge in [-0.05, 0) is 30.5 Å². The molecule has 1 saturated carbocycles. The number of hydrogen-bond acceptors (Lipinski definition) is 4. The van der Waals surface area contributed by atoms with Crippen molar-refractivity contribution in [3.05, 3.63) is 23.8 Å². The second kappa shape index (κ2) is 5.08. The van der Waals surface area contributed by atoms with Gasteiger partial charge in [0, 0.05) is 6.04 Å². The van der Waals surface area contributed by atoms with E-state index in [4.69, 9.17) is 5.73 Å². The molecule has 0 heterocycles. The molecule has 2 rings (SSSR count). The van der Waals surface area contributed by atoms with Crippen LogP contribution >= 0.6 is 0 Å². The molecular weight excluding hydrogens is 216 g/mol. The highest BCUT2D eigenvalue weighted by Gasteiger charge is 2.13. The Morgan fingerprint density at radius 1 is 1.29 bits per heavy atom. The molecule has 0 aromatic heterocycles. The van der Waals surface area contributed by atoms with E-state index in [1.165, 1.54) is 31.4 Å². The highest BCUT2D eigenvalue weighted by molar-refractivity contribution is 5.88. The van der Waals surface area contributed by atoms with Crippen molar-refractivity contribution in [2.45, 2.75) is 38.1 Å². The third-order valence-electron chi connectivity index (χ3n) is 3.25. The SMILES string of the molecule is Nc1cc(C(=O)[O-])ccc1NC1CCCCC1. The van der Waals surface area contributed by atoms with Gasteiger partial charge in [-0.15, -0.1) is 0 Å². The van der Waals surface area contributed by atoms with E-state index in [1.807, 2.05) is 0 Å². The number of anilines is 2. The van der Waals surface area contributed by atoms with E-state index in [-0.39, 0.29) is 5.56 Å². The number of carbonyl (C=O) groups is 1. The minimum atomic E-state index is -1.19. The monoisotopic (exact) mass is 233 g/mol. The van der Waals surface area contributed by atoms with Crippen molar-refractivity contribution >= 4 is 17.3 Å². The van der Waals surface area contributed by atoms with Crippen LogP contribution in [0.3, 0.4) is 0 Å². The van der Waals surface area contributed by atoms with Crippen molar-refractivity contribution in [1.29, 1.82) is 0 Å². The molecule has 0 aliphatic heterocycles. The molecule has 4 heteroatoms. The van der Waals surface area contributed by atoms with Crippen molar-refractivity contribution in [3.63, 3.8) is 0 Å². The number of carboxylic acids is 1.